The number of benzene rings is 2. The Morgan fingerprint density at radius 3 is 2.66 bits per heavy atom. The number of hydrogen-bond acceptors (Lipinski definition) is 5. The number of thiocarbonyl (C=S) groups is 1. The van der Waals surface area contributed by atoms with E-state index < -0.39 is 0 Å². The van der Waals surface area contributed by atoms with Crippen molar-refractivity contribution < 1.29 is 14.7 Å². The number of thioether (sulfide) groups is 1. The molecular formula is C20H16Br2N2O3S2. The minimum absolute atomic E-state index is 0.0379. The van der Waals surface area contributed by atoms with Crippen LogP contribution in [0.1, 0.15) is 17.5 Å². The summed E-state index contributed by atoms with van der Waals surface area (Å²) in [5, 5.41) is 13.0. The van der Waals surface area contributed by atoms with Crippen molar-refractivity contribution in [2.24, 2.45) is 0 Å². The molecule has 0 aromatic heterocycles. The Balaban J connectivity index is 1.66. The molecule has 2 aromatic carbocycles. The number of amides is 2. The second kappa shape index (κ2) is 9.42. The van der Waals surface area contributed by atoms with E-state index in [1.54, 1.807) is 18.2 Å². The van der Waals surface area contributed by atoms with Crippen LogP contribution in [0, 0.1) is 6.92 Å². The number of rotatable bonds is 5. The SMILES string of the molecule is Cc1ccc(NC(=O)CCN2C(=O)/C(=C/c3cc(Br)cc(Br)c3O)SC2=S)cc1. The van der Waals surface area contributed by atoms with Gasteiger partial charge in [-0.2, -0.15) is 0 Å². The van der Waals surface area contributed by atoms with Gasteiger partial charge in [-0.15, -0.1) is 0 Å². The average Bonchev–Trinajstić information content (AvgIpc) is 2.92. The normalized spacial score (nSPS) is 15.3. The van der Waals surface area contributed by atoms with E-state index in [9.17, 15) is 14.7 Å². The number of carbonyl (C=O) groups is 2. The summed E-state index contributed by atoms with van der Waals surface area (Å²) in [7, 11) is 0. The smallest absolute Gasteiger partial charge is 0.266 e. The third-order valence-corrected chi connectivity index (χ3v) is 6.56. The summed E-state index contributed by atoms with van der Waals surface area (Å²) in [5.41, 5.74) is 2.31. The lowest BCUT2D eigenvalue weighted by Crippen LogP contribution is -2.31. The first-order chi connectivity index (χ1) is 13.7. The fraction of sp³-hybridized carbons (Fsp3) is 0.150. The van der Waals surface area contributed by atoms with Gasteiger partial charge in [-0.3, -0.25) is 14.5 Å². The number of carbonyl (C=O) groups excluding carboxylic acids is 2. The van der Waals surface area contributed by atoms with E-state index in [-0.39, 0.29) is 30.5 Å². The second-order valence-electron chi connectivity index (χ2n) is 6.32. The summed E-state index contributed by atoms with van der Waals surface area (Å²) < 4.78 is 1.66. The standard InChI is InChI=1S/C20H16Br2N2O3S2/c1-11-2-4-14(5-3-11)23-17(25)6-7-24-19(27)16(29-20(24)28)9-12-8-13(21)10-15(22)18(12)26/h2-5,8-10,26H,6-7H2,1H3,(H,23,25)/b16-9-. The second-order valence-corrected chi connectivity index (χ2v) is 9.77. The fourth-order valence-corrected chi connectivity index (χ4v) is 5.16. The van der Waals surface area contributed by atoms with E-state index in [2.05, 4.69) is 37.2 Å². The highest BCUT2D eigenvalue weighted by molar-refractivity contribution is 9.11. The quantitative estimate of drug-likeness (QED) is 0.379. The van der Waals surface area contributed by atoms with E-state index in [1.165, 1.54) is 4.90 Å². The Bertz CT molecular complexity index is 1020. The molecule has 0 spiro atoms. The highest BCUT2D eigenvalue weighted by atomic mass is 79.9. The number of hydrogen-bond donors (Lipinski definition) is 2. The maximum Gasteiger partial charge on any atom is 0.266 e. The lowest BCUT2D eigenvalue weighted by atomic mass is 10.2. The number of anilines is 1. The molecule has 2 aromatic rings. The van der Waals surface area contributed by atoms with Gasteiger partial charge in [-0.05, 0) is 53.2 Å². The Morgan fingerprint density at radius 2 is 1.97 bits per heavy atom. The molecule has 1 aliphatic heterocycles. The molecule has 9 heteroatoms. The van der Waals surface area contributed by atoms with Crippen LogP contribution in [0.3, 0.4) is 0 Å². The molecule has 1 aliphatic rings. The molecule has 2 N–H and O–H groups in total. The minimum atomic E-state index is -0.279. The van der Waals surface area contributed by atoms with E-state index in [1.807, 2.05) is 31.2 Å². The third kappa shape index (κ3) is 5.48. The monoisotopic (exact) mass is 554 g/mol. The molecule has 1 heterocycles. The van der Waals surface area contributed by atoms with Gasteiger partial charge in [-0.25, -0.2) is 0 Å². The summed E-state index contributed by atoms with van der Waals surface area (Å²) in [5.74, 6) is -0.435. The van der Waals surface area contributed by atoms with E-state index in [4.69, 9.17) is 12.2 Å². The molecule has 1 saturated heterocycles. The number of halogens is 2. The van der Waals surface area contributed by atoms with Gasteiger partial charge < -0.3 is 10.4 Å². The zero-order valence-corrected chi connectivity index (χ0v) is 20.0. The van der Waals surface area contributed by atoms with Crippen molar-refractivity contribution in [3.05, 3.63) is 61.4 Å². The van der Waals surface area contributed by atoms with Crippen molar-refractivity contribution in [2.45, 2.75) is 13.3 Å². The number of phenols is 1. The molecule has 0 unspecified atom stereocenters. The first-order valence-electron chi connectivity index (χ1n) is 8.54. The molecule has 29 heavy (non-hydrogen) atoms. The van der Waals surface area contributed by atoms with Crippen molar-refractivity contribution >= 4 is 83.7 Å². The molecule has 5 nitrogen and oxygen atoms in total. The highest BCUT2D eigenvalue weighted by Gasteiger charge is 2.32. The van der Waals surface area contributed by atoms with Crippen LogP contribution < -0.4 is 5.32 Å². The van der Waals surface area contributed by atoms with E-state index >= 15 is 0 Å². The van der Waals surface area contributed by atoms with Crippen molar-refractivity contribution in [1.82, 2.24) is 4.90 Å². The van der Waals surface area contributed by atoms with Gasteiger partial charge in [0.25, 0.3) is 5.91 Å². The zero-order valence-electron chi connectivity index (χ0n) is 15.2. The Morgan fingerprint density at radius 1 is 1.28 bits per heavy atom. The van der Waals surface area contributed by atoms with Crippen LogP contribution in [0.2, 0.25) is 0 Å². The first kappa shape index (κ1) is 22.0. The van der Waals surface area contributed by atoms with Crippen LogP contribution in [0.15, 0.2) is 50.2 Å². The number of aromatic hydroxyl groups is 1. The predicted molar refractivity (Wildman–Crippen MR) is 128 cm³/mol. The van der Waals surface area contributed by atoms with Crippen molar-refractivity contribution in [3.8, 4) is 5.75 Å². The molecule has 0 aliphatic carbocycles. The topological polar surface area (TPSA) is 69.6 Å². The number of phenolic OH excluding ortho intramolecular Hbond substituents is 1. The molecule has 1 fully saturated rings. The van der Waals surface area contributed by atoms with Crippen LogP contribution in [-0.4, -0.2) is 32.7 Å². The van der Waals surface area contributed by atoms with Crippen LogP contribution in [0.4, 0.5) is 5.69 Å². The van der Waals surface area contributed by atoms with Crippen LogP contribution in [0.25, 0.3) is 6.08 Å². The predicted octanol–water partition coefficient (Wildman–Crippen LogP) is 5.46. The minimum Gasteiger partial charge on any atom is -0.506 e. The molecule has 0 saturated carbocycles. The molecule has 0 radical (unpaired) electrons. The summed E-state index contributed by atoms with van der Waals surface area (Å²) in [6.07, 6.45) is 1.72. The van der Waals surface area contributed by atoms with Gasteiger partial charge in [0.05, 0.1) is 9.38 Å². The summed E-state index contributed by atoms with van der Waals surface area (Å²) in [6, 6.07) is 10.9. The summed E-state index contributed by atoms with van der Waals surface area (Å²) in [6.45, 7) is 2.16. The van der Waals surface area contributed by atoms with Crippen molar-refractivity contribution in [3.63, 3.8) is 0 Å². The highest BCUT2D eigenvalue weighted by Crippen LogP contribution is 2.37. The zero-order chi connectivity index (χ0) is 21.1. The summed E-state index contributed by atoms with van der Waals surface area (Å²) >= 11 is 13.1. The maximum absolute atomic E-state index is 12.7. The van der Waals surface area contributed by atoms with Crippen molar-refractivity contribution in [2.75, 3.05) is 11.9 Å². The van der Waals surface area contributed by atoms with Gasteiger partial charge in [-0.1, -0.05) is 57.6 Å². The molecular weight excluding hydrogens is 540 g/mol. The van der Waals surface area contributed by atoms with Gasteiger partial charge in [0.2, 0.25) is 5.91 Å². The van der Waals surface area contributed by atoms with Gasteiger partial charge in [0, 0.05) is 28.7 Å². The molecule has 0 bridgehead atoms. The van der Waals surface area contributed by atoms with Crippen molar-refractivity contribution in [1.29, 1.82) is 0 Å². The Kier molecular flexibility index (Phi) is 7.15. The Hall–Kier alpha value is -1.68. The lowest BCUT2D eigenvalue weighted by molar-refractivity contribution is -0.122. The number of aryl methyl sites for hydroxylation is 1. The molecule has 0 atom stereocenters. The third-order valence-electron chi connectivity index (χ3n) is 4.12. The van der Waals surface area contributed by atoms with Crippen LogP contribution in [-0.2, 0) is 9.59 Å². The fourth-order valence-electron chi connectivity index (χ4n) is 2.60. The average molecular weight is 556 g/mol. The number of nitrogens with zero attached hydrogens (tertiary/aromatic N) is 1. The van der Waals surface area contributed by atoms with E-state index in [0.29, 0.717) is 24.9 Å². The molecule has 2 amide bonds. The maximum atomic E-state index is 12.7. The van der Waals surface area contributed by atoms with Gasteiger partial charge in [0.15, 0.2) is 0 Å². The van der Waals surface area contributed by atoms with Gasteiger partial charge >= 0.3 is 0 Å². The van der Waals surface area contributed by atoms with E-state index in [0.717, 1.165) is 21.8 Å². The Labute approximate surface area is 194 Å². The summed E-state index contributed by atoms with van der Waals surface area (Å²) in [4.78, 5) is 26.7. The first-order valence-corrected chi connectivity index (χ1v) is 11.4. The molecule has 150 valence electrons. The number of nitrogens with one attached hydrogen (secondary N) is 1. The van der Waals surface area contributed by atoms with Gasteiger partial charge in [0.1, 0.15) is 10.1 Å². The van der Waals surface area contributed by atoms with Crippen LogP contribution >= 0.6 is 55.8 Å². The molecule has 3 rings (SSSR count). The van der Waals surface area contributed by atoms with Crippen LogP contribution in [0.5, 0.6) is 5.75 Å². The largest absolute Gasteiger partial charge is 0.506 e. The lowest BCUT2D eigenvalue weighted by Gasteiger charge is -2.14.